The summed E-state index contributed by atoms with van der Waals surface area (Å²) in [5.41, 5.74) is 2.63. The van der Waals surface area contributed by atoms with Crippen molar-refractivity contribution in [2.24, 2.45) is 12.0 Å². The van der Waals surface area contributed by atoms with Crippen molar-refractivity contribution in [1.29, 1.82) is 0 Å². The Hall–Kier alpha value is -1.77. The number of ether oxygens (including phenoxy) is 1. The zero-order valence-electron chi connectivity index (χ0n) is 16.4. The number of aliphatic imine (C=N–C) groups is 1. The van der Waals surface area contributed by atoms with Crippen LogP contribution < -0.4 is 10.1 Å². The molecule has 0 saturated carbocycles. The second kappa shape index (κ2) is 10.5. The lowest BCUT2D eigenvalue weighted by molar-refractivity contribution is 0.414. The van der Waals surface area contributed by atoms with Crippen LogP contribution in [0.1, 0.15) is 29.9 Å². The highest BCUT2D eigenvalue weighted by molar-refractivity contribution is 14.0. The number of hydrogen-bond donors (Lipinski definition) is 1. The molecule has 1 unspecified atom stereocenters. The van der Waals surface area contributed by atoms with Crippen molar-refractivity contribution in [3.63, 3.8) is 0 Å². The number of nitrogens with one attached hydrogen (secondary N) is 1. The van der Waals surface area contributed by atoms with Crippen molar-refractivity contribution < 1.29 is 4.74 Å². The third-order valence-electron chi connectivity index (χ3n) is 4.96. The lowest BCUT2D eigenvalue weighted by atomic mass is 10.0. The molecule has 1 aliphatic heterocycles. The van der Waals surface area contributed by atoms with Gasteiger partial charge in [0.2, 0.25) is 0 Å². The number of benzene rings is 1. The highest BCUT2D eigenvalue weighted by atomic mass is 127. The van der Waals surface area contributed by atoms with Gasteiger partial charge in [-0.1, -0.05) is 12.1 Å². The molecule has 1 atom stereocenters. The molecule has 2 aromatic rings. The van der Waals surface area contributed by atoms with E-state index in [-0.39, 0.29) is 24.0 Å². The first-order valence-corrected chi connectivity index (χ1v) is 9.26. The Bertz CT molecular complexity index is 745. The van der Waals surface area contributed by atoms with Gasteiger partial charge in [-0.15, -0.1) is 24.0 Å². The Morgan fingerprint density at radius 3 is 2.96 bits per heavy atom. The van der Waals surface area contributed by atoms with E-state index in [4.69, 9.17) is 4.74 Å². The molecule has 1 N–H and O–H groups in total. The molecule has 148 valence electrons. The molecule has 1 aromatic carbocycles. The molecular weight excluding hydrogens is 453 g/mol. The molecule has 1 fully saturated rings. The Morgan fingerprint density at radius 2 is 2.26 bits per heavy atom. The van der Waals surface area contributed by atoms with E-state index < -0.39 is 0 Å². The maximum Gasteiger partial charge on any atom is 0.193 e. The lowest BCUT2D eigenvalue weighted by Gasteiger charge is -2.21. The van der Waals surface area contributed by atoms with Crippen molar-refractivity contribution in [1.82, 2.24) is 20.0 Å². The van der Waals surface area contributed by atoms with Gasteiger partial charge < -0.3 is 15.0 Å². The van der Waals surface area contributed by atoms with Gasteiger partial charge in [0.25, 0.3) is 0 Å². The summed E-state index contributed by atoms with van der Waals surface area (Å²) in [6.45, 7) is 2.95. The minimum atomic E-state index is 0. The van der Waals surface area contributed by atoms with Gasteiger partial charge in [0.15, 0.2) is 5.96 Å². The topological polar surface area (TPSA) is 54.7 Å². The summed E-state index contributed by atoms with van der Waals surface area (Å²) in [7, 11) is 5.54. The number of aryl methyl sites for hydroxylation is 2. The van der Waals surface area contributed by atoms with Gasteiger partial charge in [0.1, 0.15) is 5.75 Å². The van der Waals surface area contributed by atoms with E-state index in [2.05, 4.69) is 38.6 Å². The van der Waals surface area contributed by atoms with Gasteiger partial charge in [0, 0.05) is 45.8 Å². The Labute approximate surface area is 179 Å². The fourth-order valence-electron chi connectivity index (χ4n) is 3.53. The molecule has 7 heteroatoms. The monoisotopic (exact) mass is 483 g/mol. The predicted molar refractivity (Wildman–Crippen MR) is 120 cm³/mol. The van der Waals surface area contributed by atoms with Crippen LogP contribution in [0.2, 0.25) is 0 Å². The van der Waals surface area contributed by atoms with Gasteiger partial charge in [-0.05, 0) is 42.5 Å². The molecular formula is C20H30IN5O. The van der Waals surface area contributed by atoms with Crippen LogP contribution in [0.5, 0.6) is 5.75 Å². The Kier molecular flexibility index (Phi) is 8.40. The van der Waals surface area contributed by atoms with E-state index in [1.807, 2.05) is 37.1 Å². The normalized spacial score (nSPS) is 16.9. The number of halogens is 1. The molecule has 0 amide bonds. The number of methoxy groups -OCH3 is 1. The summed E-state index contributed by atoms with van der Waals surface area (Å²) < 4.78 is 7.16. The molecule has 0 radical (unpaired) electrons. The molecule has 0 aliphatic carbocycles. The minimum absolute atomic E-state index is 0. The van der Waals surface area contributed by atoms with Crippen LogP contribution in [0, 0.1) is 0 Å². The fraction of sp³-hybridized carbons (Fsp3) is 0.500. The number of hydrogen-bond acceptors (Lipinski definition) is 3. The van der Waals surface area contributed by atoms with E-state index >= 15 is 0 Å². The molecule has 1 aromatic heterocycles. The summed E-state index contributed by atoms with van der Waals surface area (Å²) >= 11 is 0. The number of guanidine groups is 1. The van der Waals surface area contributed by atoms with E-state index in [0.717, 1.165) is 50.6 Å². The number of aromatic nitrogens is 2. The van der Waals surface area contributed by atoms with Crippen LogP contribution in [0.3, 0.4) is 0 Å². The lowest BCUT2D eigenvalue weighted by Crippen LogP contribution is -2.40. The minimum Gasteiger partial charge on any atom is -0.497 e. The Morgan fingerprint density at radius 1 is 1.41 bits per heavy atom. The second-order valence-electron chi connectivity index (χ2n) is 6.81. The van der Waals surface area contributed by atoms with Crippen molar-refractivity contribution in [2.45, 2.75) is 25.2 Å². The predicted octanol–water partition coefficient (Wildman–Crippen LogP) is 3.04. The molecule has 2 heterocycles. The van der Waals surface area contributed by atoms with Crippen molar-refractivity contribution in [3.05, 3.63) is 47.8 Å². The molecule has 1 saturated heterocycles. The van der Waals surface area contributed by atoms with Crippen LogP contribution in [0.4, 0.5) is 0 Å². The first-order chi connectivity index (χ1) is 12.7. The zero-order valence-corrected chi connectivity index (χ0v) is 18.7. The van der Waals surface area contributed by atoms with Gasteiger partial charge in [0.05, 0.1) is 13.3 Å². The van der Waals surface area contributed by atoms with Gasteiger partial charge in [-0.25, -0.2) is 0 Å². The SMILES string of the molecule is CN=C(NCCCc1cccc(OC)c1)N1CCC(c2cnn(C)c2)C1.I. The van der Waals surface area contributed by atoms with E-state index in [9.17, 15) is 0 Å². The van der Waals surface area contributed by atoms with Gasteiger partial charge in [-0.3, -0.25) is 9.67 Å². The molecule has 1 aliphatic rings. The average molecular weight is 483 g/mol. The van der Waals surface area contributed by atoms with Crippen LogP contribution >= 0.6 is 24.0 Å². The first-order valence-electron chi connectivity index (χ1n) is 9.26. The highest BCUT2D eigenvalue weighted by Gasteiger charge is 2.26. The quantitative estimate of drug-likeness (QED) is 0.297. The molecule has 3 rings (SSSR count). The van der Waals surface area contributed by atoms with E-state index in [0.29, 0.717) is 5.92 Å². The molecule has 6 nitrogen and oxygen atoms in total. The summed E-state index contributed by atoms with van der Waals surface area (Å²) in [5.74, 6) is 2.46. The molecule has 0 spiro atoms. The van der Waals surface area contributed by atoms with Gasteiger partial charge in [-0.2, -0.15) is 5.10 Å². The summed E-state index contributed by atoms with van der Waals surface area (Å²) in [5, 5.41) is 7.81. The third-order valence-corrected chi connectivity index (χ3v) is 4.96. The van der Waals surface area contributed by atoms with Crippen LogP contribution in [0.25, 0.3) is 0 Å². The third kappa shape index (κ3) is 5.85. The number of nitrogens with zero attached hydrogens (tertiary/aromatic N) is 4. The largest absolute Gasteiger partial charge is 0.497 e. The average Bonchev–Trinajstić information content (AvgIpc) is 3.31. The fourth-order valence-corrected chi connectivity index (χ4v) is 3.53. The van der Waals surface area contributed by atoms with Crippen LogP contribution in [-0.4, -0.2) is 54.4 Å². The molecule has 0 bridgehead atoms. The number of likely N-dealkylation sites (tertiary alicyclic amines) is 1. The smallest absolute Gasteiger partial charge is 0.193 e. The van der Waals surface area contributed by atoms with E-state index in [1.165, 1.54) is 11.1 Å². The Balaban J connectivity index is 0.00000261. The maximum atomic E-state index is 5.28. The van der Waals surface area contributed by atoms with Crippen LogP contribution in [0.15, 0.2) is 41.7 Å². The van der Waals surface area contributed by atoms with Crippen molar-refractivity contribution in [2.75, 3.05) is 33.8 Å². The number of rotatable bonds is 6. The van der Waals surface area contributed by atoms with E-state index in [1.54, 1.807) is 7.11 Å². The summed E-state index contributed by atoms with van der Waals surface area (Å²) in [4.78, 5) is 6.82. The molecule has 27 heavy (non-hydrogen) atoms. The summed E-state index contributed by atoms with van der Waals surface area (Å²) in [6, 6.07) is 8.28. The van der Waals surface area contributed by atoms with Crippen molar-refractivity contribution in [3.8, 4) is 5.75 Å². The highest BCUT2D eigenvalue weighted by Crippen LogP contribution is 2.26. The van der Waals surface area contributed by atoms with Gasteiger partial charge >= 0.3 is 0 Å². The van der Waals surface area contributed by atoms with Crippen molar-refractivity contribution >= 4 is 29.9 Å². The second-order valence-corrected chi connectivity index (χ2v) is 6.81. The maximum absolute atomic E-state index is 5.28. The zero-order chi connectivity index (χ0) is 18.4. The van der Waals surface area contributed by atoms with Crippen LogP contribution in [-0.2, 0) is 13.5 Å². The summed E-state index contributed by atoms with van der Waals surface area (Å²) in [6.07, 6.45) is 7.35. The standard InChI is InChI=1S/C20H29N5O.HI/c1-21-20(22-10-5-7-16-6-4-8-19(12-16)26-3)25-11-9-17(15-25)18-13-23-24(2)14-18;/h4,6,8,12-14,17H,5,7,9-11,15H2,1-3H3,(H,21,22);1H. The first kappa shape index (κ1) is 21.5.